The summed E-state index contributed by atoms with van der Waals surface area (Å²) in [6.07, 6.45) is 1.52. The maximum Gasteiger partial charge on any atom is 0.270 e. The molecule has 0 saturated carbocycles. The summed E-state index contributed by atoms with van der Waals surface area (Å²) in [4.78, 5) is 16.4. The summed E-state index contributed by atoms with van der Waals surface area (Å²) in [5, 5.41) is 5.80. The van der Waals surface area contributed by atoms with Crippen molar-refractivity contribution in [1.82, 2.24) is 10.3 Å². The van der Waals surface area contributed by atoms with E-state index < -0.39 is 0 Å². The van der Waals surface area contributed by atoms with Crippen molar-refractivity contribution in [3.8, 4) is 0 Å². The van der Waals surface area contributed by atoms with Gasteiger partial charge < -0.3 is 10.6 Å². The highest BCUT2D eigenvalue weighted by molar-refractivity contribution is 5.93. The maximum absolute atomic E-state index is 13.7. The Hall–Kier alpha value is -3.21. The molecular formula is C20H18FN3O. The van der Waals surface area contributed by atoms with Gasteiger partial charge in [-0.05, 0) is 36.8 Å². The monoisotopic (exact) mass is 335 g/mol. The molecule has 0 bridgehead atoms. The normalized spacial score (nSPS) is 10.3. The van der Waals surface area contributed by atoms with E-state index in [2.05, 4.69) is 15.6 Å². The number of amides is 1. The van der Waals surface area contributed by atoms with E-state index >= 15 is 0 Å². The van der Waals surface area contributed by atoms with Crippen molar-refractivity contribution in [2.24, 2.45) is 0 Å². The fourth-order valence-electron chi connectivity index (χ4n) is 2.45. The quantitative estimate of drug-likeness (QED) is 0.735. The summed E-state index contributed by atoms with van der Waals surface area (Å²) in [5.41, 5.74) is 3.38. The number of nitrogens with one attached hydrogen (secondary N) is 2. The third-order valence-corrected chi connectivity index (χ3v) is 3.68. The summed E-state index contributed by atoms with van der Waals surface area (Å²) < 4.78 is 13.7. The van der Waals surface area contributed by atoms with E-state index in [1.54, 1.807) is 30.3 Å². The summed E-state index contributed by atoms with van der Waals surface area (Å²) in [7, 11) is 0. The lowest BCUT2D eigenvalue weighted by Gasteiger charge is -2.09. The Bertz CT molecular complexity index is 895. The van der Waals surface area contributed by atoms with Crippen LogP contribution in [0.4, 0.5) is 15.8 Å². The Labute approximate surface area is 145 Å². The number of rotatable bonds is 5. The molecule has 0 spiro atoms. The van der Waals surface area contributed by atoms with Gasteiger partial charge in [0.15, 0.2) is 0 Å². The van der Waals surface area contributed by atoms with Gasteiger partial charge in [0.25, 0.3) is 5.91 Å². The van der Waals surface area contributed by atoms with E-state index in [4.69, 9.17) is 0 Å². The largest absolute Gasteiger partial charge is 0.353 e. The number of pyridine rings is 1. The van der Waals surface area contributed by atoms with Crippen molar-refractivity contribution in [2.75, 3.05) is 5.32 Å². The zero-order valence-electron chi connectivity index (χ0n) is 13.8. The molecule has 0 aliphatic carbocycles. The number of halogens is 1. The Balaban J connectivity index is 1.68. The minimum absolute atomic E-state index is 0.272. The van der Waals surface area contributed by atoms with Crippen molar-refractivity contribution in [1.29, 1.82) is 0 Å². The summed E-state index contributed by atoms with van der Waals surface area (Å²) in [5.74, 6) is -0.636. The average Bonchev–Trinajstić information content (AvgIpc) is 2.62. The molecule has 2 aromatic carbocycles. The van der Waals surface area contributed by atoms with Gasteiger partial charge in [-0.1, -0.05) is 42.0 Å². The second kappa shape index (κ2) is 7.57. The molecule has 0 aliphatic heterocycles. The SMILES string of the molecule is Cc1cccc(CNC(=O)c2cc(Nc3ccccc3F)ccn2)c1. The van der Waals surface area contributed by atoms with Crippen LogP contribution in [0.2, 0.25) is 0 Å². The highest BCUT2D eigenvalue weighted by atomic mass is 19.1. The van der Waals surface area contributed by atoms with E-state index in [0.29, 0.717) is 17.9 Å². The molecule has 0 atom stereocenters. The van der Waals surface area contributed by atoms with Gasteiger partial charge in [-0.15, -0.1) is 0 Å². The number of aryl methyl sites for hydroxylation is 1. The minimum atomic E-state index is -0.357. The number of aromatic nitrogens is 1. The molecule has 0 radical (unpaired) electrons. The molecule has 3 aromatic rings. The first-order chi connectivity index (χ1) is 12.1. The molecule has 126 valence electrons. The van der Waals surface area contributed by atoms with Gasteiger partial charge in [-0.3, -0.25) is 9.78 Å². The predicted molar refractivity (Wildman–Crippen MR) is 96.3 cm³/mol. The topological polar surface area (TPSA) is 54.0 Å². The van der Waals surface area contributed by atoms with Gasteiger partial charge in [-0.25, -0.2) is 4.39 Å². The molecule has 0 aliphatic rings. The summed E-state index contributed by atoms with van der Waals surface area (Å²) >= 11 is 0. The smallest absolute Gasteiger partial charge is 0.270 e. The number of carbonyl (C=O) groups excluding carboxylic acids is 1. The Morgan fingerprint density at radius 2 is 1.92 bits per heavy atom. The van der Waals surface area contributed by atoms with Crippen LogP contribution in [0.15, 0.2) is 66.9 Å². The molecule has 1 aromatic heterocycles. The van der Waals surface area contributed by atoms with Crippen molar-refractivity contribution in [3.05, 3.63) is 89.5 Å². The lowest BCUT2D eigenvalue weighted by Crippen LogP contribution is -2.23. The van der Waals surface area contributed by atoms with Crippen LogP contribution >= 0.6 is 0 Å². The predicted octanol–water partition coefficient (Wildman–Crippen LogP) is 4.20. The van der Waals surface area contributed by atoms with Crippen LogP contribution in [-0.4, -0.2) is 10.9 Å². The Morgan fingerprint density at radius 1 is 1.08 bits per heavy atom. The second-order valence-corrected chi connectivity index (χ2v) is 5.71. The second-order valence-electron chi connectivity index (χ2n) is 5.71. The van der Waals surface area contributed by atoms with E-state index in [9.17, 15) is 9.18 Å². The summed E-state index contributed by atoms with van der Waals surface area (Å²) in [6, 6.07) is 17.6. The molecule has 0 fully saturated rings. The highest BCUT2D eigenvalue weighted by Crippen LogP contribution is 2.19. The van der Waals surface area contributed by atoms with Gasteiger partial charge in [0.1, 0.15) is 11.5 Å². The van der Waals surface area contributed by atoms with E-state index in [-0.39, 0.29) is 17.4 Å². The van der Waals surface area contributed by atoms with Crippen molar-refractivity contribution >= 4 is 17.3 Å². The number of nitrogens with zero attached hydrogens (tertiary/aromatic N) is 1. The van der Waals surface area contributed by atoms with Crippen LogP contribution in [0.25, 0.3) is 0 Å². The van der Waals surface area contributed by atoms with Crippen LogP contribution in [0, 0.1) is 12.7 Å². The molecule has 3 rings (SSSR count). The fourth-order valence-corrected chi connectivity index (χ4v) is 2.45. The highest BCUT2D eigenvalue weighted by Gasteiger charge is 2.09. The molecule has 4 nitrogen and oxygen atoms in total. The van der Waals surface area contributed by atoms with Gasteiger partial charge >= 0.3 is 0 Å². The van der Waals surface area contributed by atoms with Crippen LogP contribution in [0.3, 0.4) is 0 Å². The number of hydrogen-bond donors (Lipinski definition) is 2. The van der Waals surface area contributed by atoms with Gasteiger partial charge in [0.05, 0.1) is 5.69 Å². The van der Waals surface area contributed by atoms with Crippen LogP contribution in [0.5, 0.6) is 0 Å². The maximum atomic E-state index is 13.7. The average molecular weight is 335 g/mol. The number of carbonyl (C=O) groups is 1. The molecule has 0 unspecified atom stereocenters. The molecule has 2 N–H and O–H groups in total. The first-order valence-electron chi connectivity index (χ1n) is 7.93. The first-order valence-corrected chi connectivity index (χ1v) is 7.93. The van der Waals surface area contributed by atoms with Gasteiger partial charge in [0.2, 0.25) is 0 Å². The lowest BCUT2D eigenvalue weighted by atomic mass is 10.1. The number of anilines is 2. The standard InChI is InChI=1S/C20H18FN3O/c1-14-5-4-6-15(11-14)13-23-20(25)19-12-16(9-10-22-19)24-18-8-3-2-7-17(18)21/h2-12H,13H2,1H3,(H,22,24)(H,23,25). The molecule has 0 saturated heterocycles. The number of hydrogen-bond acceptors (Lipinski definition) is 3. The zero-order valence-corrected chi connectivity index (χ0v) is 13.8. The van der Waals surface area contributed by atoms with Gasteiger partial charge in [0, 0.05) is 18.4 Å². The third kappa shape index (κ3) is 4.41. The first kappa shape index (κ1) is 16.6. The van der Waals surface area contributed by atoms with E-state index in [1.165, 1.54) is 12.3 Å². The zero-order chi connectivity index (χ0) is 17.6. The van der Waals surface area contributed by atoms with Crippen LogP contribution in [0.1, 0.15) is 21.6 Å². The molecular weight excluding hydrogens is 317 g/mol. The molecule has 25 heavy (non-hydrogen) atoms. The van der Waals surface area contributed by atoms with E-state index in [1.807, 2.05) is 31.2 Å². The molecule has 5 heteroatoms. The molecule has 1 amide bonds. The lowest BCUT2D eigenvalue weighted by molar-refractivity contribution is 0.0946. The van der Waals surface area contributed by atoms with Crippen molar-refractivity contribution in [3.63, 3.8) is 0 Å². The number of benzene rings is 2. The summed E-state index contributed by atoms with van der Waals surface area (Å²) in [6.45, 7) is 2.43. The van der Waals surface area contributed by atoms with Gasteiger partial charge in [-0.2, -0.15) is 0 Å². The Morgan fingerprint density at radius 3 is 2.72 bits per heavy atom. The third-order valence-electron chi connectivity index (χ3n) is 3.68. The van der Waals surface area contributed by atoms with E-state index in [0.717, 1.165) is 11.1 Å². The van der Waals surface area contributed by atoms with Crippen molar-refractivity contribution < 1.29 is 9.18 Å². The van der Waals surface area contributed by atoms with Crippen molar-refractivity contribution in [2.45, 2.75) is 13.5 Å². The minimum Gasteiger partial charge on any atom is -0.353 e. The molecule has 1 heterocycles. The van der Waals surface area contributed by atoms with Crippen LogP contribution in [-0.2, 0) is 6.54 Å². The van der Waals surface area contributed by atoms with Crippen LogP contribution < -0.4 is 10.6 Å². The Kier molecular flexibility index (Phi) is 5.04. The number of para-hydroxylation sites is 1. The fraction of sp³-hybridized carbons (Fsp3) is 0.100.